The van der Waals surface area contributed by atoms with Crippen LogP contribution in [0.25, 0.3) is 6.08 Å². The van der Waals surface area contributed by atoms with Crippen LogP contribution in [0.1, 0.15) is 24.5 Å². The lowest BCUT2D eigenvalue weighted by Crippen LogP contribution is -2.35. The first-order valence-corrected chi connectivity index (χ1v) is 8.26. The van der Waals surface area contributed by atoms with E-state index < -0.39 is 5.91 Å². The highest BCUT2D eigenvalue weighted by atomic mass is 16.5. The molecule has 2 aromatic carbocycles. The van der Waals surface area contributed by atoms with Gasteiger partial charge in [-0.25, -0.2) is 5.01 Å². The molecule has 0 atom stereocenters. The molecule has 128 valence electrons. The smallest absolute Gasteiger partial charge is 0.282 e. The number of carbonyl (C=O) groups excluding carboxylic acids is 2. The minimum Gasteiger partial charge on any atom is -0.493 e. The zero-order valence-electron chi connectivity index (χ0n) is 14.3. The number of hydrogen-bond acceptors (Lipinski definition) is 3. The fourth-order valence-corrected chi connectivity index (χ4v) is 2.62. The molecule has 1 fully saturated rings. The molecule has 1 aliphatic heterocycles. The van der Waals surface area contributed by atoms with Gasteiger partial charge in [-0.2, -0.15) is 0 Å². The van der Waals surface area contributed by atoms with Gasteiger partial charge in [0.05, 0.1) is 12.3 Å². The highest BCUT2D eigenvalue weighted by Crippen LogP contribution is 2.24. The Kier molecular flexibility index (Phi) is 4.84. The number of para-hydroxylation sites is 1. The van der Waals surface area contributed by atoms with Gasteiger partial charge in [-0.15, -0.1) is 0 Å². The predicted molar refractivity (Wildman–Crippen MR) is 97.0 cm³/mol. The average molecular weight is 336 g/mol. The molecule has 0 unspecified atom stereocenters. The maximum absolute atomic E-state index is 12.6. The number of rotatable bonds is 5. The lowest BCUT2D eigenvalue weighted by molar-refractivity contribution is -0.117. The molecule has 0 bridgehead atoms. The first kappa shape index (κ1) is 16.8. The Hall–Kier alpha value is -3.08. The van der Waals surface area contributed by atoms with Crippen LogP contribution in [0.2, 0.25) is 0 Å². The minimum absolute atomic E-state index is 0.116. The van der Waals surface area contributed by atoms with Crippen LogP contribution in [-0.4, -0.2) is 18.4 Å². The van der Waals surface area contributed by atoms with Crippen LogP contribution in [0.3, 0.4) is 0 Å². The number of hydrazine groups is 1. The van der Waals surface area contributed by atoms with Crippen LogP contribution < -0.4 is 15.2 Å². The molecule has 1 N–H and O–H groups in total. The molecule has 0 saturated carbocycles. The van der Waals surface area contributed by atoms with Crippen LogP contribution in [0.15, 0.2) is 54.1 Å². The highest BCUT2D eigenvalue weighted by molar-refractivity contribution is 6.31. The van der Waals surface area contributed by atoms with E-state index in [0.29, 0.717) is 12.3 Å². The molecule has 1 aliphatic rings. The van der Waals surface area contributed by atoms with Crippen molar-refractivity contribution in [1.29, 1.82) is 0 Å². The molecule has 0 radical (unpaired) electrons. The zero-order chi connectivity index (χ0) is 17.8. The van der Waals surface area contributed by atoms with E-state index in [2.05, 4.69) is 12.3 Å². The summed E-state index contributed by atoms with van der Waals surface area (Å²) >= 11 is 0. The van der Waals surface area contributed by atoms with Gasteiger partial charge in [-0.3, -0.25) is 15.0 Å². The second kappa shape index (κ2) is 7.21. The van der Waals surface area contributed by atoms with E-state index in [4.69, 9.17) is 4.74 Å². The van der Waals surface area contributed by atoms with Crippen LogP contribution >= 0.6 is 0 Å². The highest BCUT2D eigenvalue weighted by Gasteiger charge is 2.34. The van der Waals surface area contributed by atoms with Crippen molar-refractivity contribution >= 4 is 23.6 Å². The molecule has 2 amide bonds. The number of carbonyl (C=O) groups is 2. The summed E-state index contributed by atoms with van der Waals surface area (Å²) < 4.78 is 5.65. The van der Waals surface area contributed by atoms with Gasteiger partial charge in [0, 0.05) is 0 Å². The minimum atomic E-state index is -0.405. The summed E-state index contributed by atoms with van der Waals surface area (Å²) in [5.74, 6) is 0.0510. The Morgan fingerprint density at radius 3 is 2.56 bits per heavy atom. The summed E-state index contributed by atoms with van der Waals surface area (Å²) in [4.78, 5) is 24.8. The quantitative estimate of drug-likeness (QED) is 0.673. The van der Waals surface area contributed by atoms with Gasteiger partial charge in [-0.05, 0) is 54.8 Å². The topological polar surface area (TPSA) is 58.6 Å². The molecule has 3 rings (SSSR count). The largest absolute Gasteiger partial charge is 0.493 e. The van der Waals surface area contributed by atoms with Crippen molar-refractivity contribution in [3.05, 3.63) is 65.2 Å². The molecule has 0 aromatic heterocycles. The third kappa shape index (κ3) is 3.55. The number of amides is 2. The third-order valence-electron chi connectivity index (χ3n) is 3.88. The third-order valence-corrected chi connectivity index (χ3v) is 3.88. The van der Waals surface area contributed by atoms with Gasteiger partial charge in [0.25, 0.3) is 11.8 Å². The summed E-state index contributed by atoms with van der Waals surface area (Å²) in [5.41, 5.74) is 5.09. The van der Waals surface area contributed by atoms with E-state index in [-0.39, 0.29) is 11.5 Å². The molecule has 1 heterocycles. The van der Waals surface area contributed by atoms with E-state index in [1.54, 1.807) is 18.2 Å². The first-order chi connectivity index (χ1) is 12.1. The monoisotopic (exact) mass is 336 g/mol. The molecule has 5 nitrogen and oxygen atoms in total. The van der Waals surface area contributed by atoms with E-state index in [1.165, 1.54) is 5.01 Å². The molecule has 1 saturated heterocycles. The van der Waals surface area contributed by atoms with Crippen LogP contribution in [-0.2, 0) is 9.59 Å². The van der Waals surface area contributed by atoms with Gasteiger partial charge < -0.3 is 4.74 Å². The second-order valence-corrected chi connectivity index (χ2v) is 5.85. The molecular weight excluding hydrogens is 316 g/mol. The second-order valence-electron chi connectivity index (χ2n) is 5.85. The Balaban J connectivity index is 1.85. The lowest BCUT2D eigenvalue weighted by Gasteiger charge is -2.13. The summed E-state index contributed by atoms with van der Waals surface area (Å²) in [6, 6.07) is 14.6. The maximum atomic E-state index is 12.6. The Bertz CT molecular complexity index is 828. The SMILES string of the molecule is CCCOc1ccc(C=C2C(=O)NN(c3ccccc3)C2=O)cc1C. The number of nitrogens with one attached hydrogen (secondary N) is 1. The average Bonchev–Trinajstić information content (AvgIpc) is 2.90. The summed E-state index contributed by atoms with van der Waals surface area (Å²) in [5, 5.41) is 1.26. The van der Waals surface area contributed by atoms with E-state index in [0.717, 1.165) is 23.3 Å². The van der Waals surface area contributed by atoms with Crippen LogP contribution in [0.4, 0.5) is 5.69 Å². The fourth-order valence-electron chi connectivity index (χ4n) is 2.62. The van der Waals surface area contributed by atoms with Gasteiger partial charge in [0.2, 0.25) is 0 Å². The Morgan fingerprint density at radius 2 is 1.88 bits per heavy atom. The van der Waals surface area contributed by atoms with E-state index in [9.17, 15) is 9.59 Å². The van der Waals surface area contributed by atoms with E-state index in [1.807, 2.05) is 43.3 Å². The van der Waals surface area contributed by atoms with Gasteiger partial charge in [-0.1, -0.05) is 31.2 Å². The van der Waals surface area contributed by atoms with Crippen LogP contribution in [0.5, 0.6) is 5.75 Å². The fraction of sp³-hybridized carbons (Fsp3) is 0.200. The number of aryl methyl sites for hydroxylation is 1. The molecule has 0 aliphatic carbocycles. The van der Waals surface area contributed by atoms with Crippen LogP contribution in [0, 0.1) is 6.92 Å². The number of nitrogens with zero attached hydrogens (tertiary/aromatic N) is 1. The summed E-state index contributed by atoms with van der Waals surface area (Å²) in [7, 11) is 0. The summed E-state index contributed by atoms with van der Waals surface area (Å²) in [6.07, 6.45) is 2.55. The van der Waals surface area contributed by atoms with Crippen molar-refractivity contribution in [3.63, 3.8) is 0 Å². The van der Waals surface area contributed by atoms with Gasteiger partial charge in [0.15, 0.2) is 0 Å². The number of benzene rings is 2. The van der Waals surface area contributed by atoms with Gasteiger partial charge >= 0.3 is 0 Å². The van der Waals surface area contributed by atoms with Crippen molar-refractivity contribution in [2.75, 3.05) is 11.6 Å². The van der Waals surface area contributed by atoms with Crippen molar-refractivity contribution in [1.82, 2.24) is 5.43 Å². The van der Waals surface area contributed by atoms with E-state index >= 15 is 0 Å². The maximum Gasteiger partial charge on any atom is 0.282 e. The Labute approximate surface area is 146 Å². The Morgan fingerprint density at radius 1 is 1.12 bits per heavy atom. The zero-order valence-corrected chi connectivity index (χ0v) is 14.3. The molecule has 2 aromatic rings. The first-order valence-electron chi connectivity index (χ1n) is 8.26. The molecule has 5 heteroatoms. The number of hydrogen-bond donors (Lipinski definition) is 1. The number of anilines is 1. The van der Waals surface area contributed by atoms with Crippen molar-refractivity contribution in [2.24, 2.45) is 0 Å². The standard InChI is InChI=1S/C20H20N2O3/c1-3-11-25-18-10-9-15(12-14(18)2)13-17-19(23)21-22(20(17)24)16-7-5-4-6-8-16/h4-10,12-13H,3,11H2,1-2H3,(H,21,23). The van der Waals surface area contributed by atoms with Crippen molar-refractivity contribution in [2.45, 2.75) is 20.3 Å². The van der Waals surface area contributed by atoms with Crippen molar-refractivity contribution in [3.8, 4) is 5.75 Å². The molecular formula is C20H20N2O3. The number of ether oxygens (including phenoxy) is 1. The summed E-state index contributed by atoms with van der Waals surface area (Å²) in [6.45, 7) is 4.66. The normalized spacial score (nSPS) is 15.6. The lowest BCUT2D eigenvalue weighted by atomic mass is 10.1. The van der Waals surface area contributed by atoms with Crippen molar-refractivity contribution < 1.29 is 14.3 Å². The molecule has 0 spiro atoms. The predicted octanol–water partition coefficient (Wildman–Crippen LogP) is 3.25. The molecule has 25 heavy (non-hydrogen) atoms. The van der Waals surface area contributed by atoms with Gasteiger partial charge in [0.1, 0.15) is 11.3 Å².